The van der Waals surface area contributed by atoms with Gasteiger partial charge in [0.1, 0.15) is 12.6 Å². The fourth-order valence-electron chi connectivity index (χ4n) is 7.73. The van der Waals surface area contributed by atoms with Crippen molar-refractivity contribution in [2.24, 2.45) is 41.4 Å². The van der Waals surface area contributed by atoms with Gasteiger partial charge in [0.25, 0.3) is 0 Å². The second-order valence-electron chi connectivity index (χ2n) is 20.9. The van der Waals surface area contributed by atoms with E-state index in [1.54, 1.807) is 17.2 Å². The lowest BCUT2D eigenvalue weighted by atomic mass is 9.75. The lowest BCUT2D eigenvalue weighted by Gasteiger charge is -2.33. The van der Waals surface area contributed by atoms with E-state index in [-0.39, 0.29) is 6.10 Å². The molecule has 370 valence electrons. The molecule has 0 radical (unpaired) electrons. The number of hydrogen-bond donors (Lipinski definition) is 2. The fourth-order valence-corrected chi connectivity index (χ4v) is 7.73. The Bertz CT molecular complexity index is 1380. The van der Waals surface area contributed by atoms with Crippen molar-refractivity contribution in [3.8, 4) is 0 Å². The van der Waals surface area contributed by atoms with E-state index >= 15 is 0 Å². The number of carbonyl (C=O) groups is 2. The molecule has 4 nitrogen and oxygen atoms in total. The van der Waals surface area contributed by atoms with Crippen molar-refractivity contribution in [1.29, 1.82) is 0 Å². The molecule has 1 fully saturated rings. The van der Waals surface area contributed by atoms with Gasteiger partial charge in [-0.3, -0.25) is 4.79 Å². The zero-order valence-electron chi connectivity index (χ0n) is 45.1. The van der Waals surface area contributed by atoms with Crippen LogP contribution in [0.25, 0.3) is 0 Å². The van der Waals surface area contributed by atoms with Crippen LogP contribution in [0.2, 0.25) is 0 Å². The van der Waals surface area contributed by atoms with Crippen molar-refractivity contribution in [3.05, 3.63) is 94.2 Å². The van der Waals surface area contributed by atoms with Crippen molar-refractivity contribution in [3.63, 3.8) is 0 Å². The van der Waals surface area contributed by atoms with Crippen LogP contribution in [0.1, 0.15) is 220 Å². The molecule has 3 aliphatic rings. The second kappa shape index (κ2) is 41.6. The summed E-state index contributed by atoms with van der Waals surface area (Å²) >= 11 is 0. The Balaban J connectivity index is -0.000000698. The SMILES string of the molecule is C=C(C)C1CC=C(C)CC1.C=C(C)C1CC=C(C)CC1.CC(C)=CCC/C(C)=C\C=O.CC(C)=CCCC(C)CC=O.CC(C)=CCCC(C)CCO.CC1CCC(C(C)C)C(O)C1. The Morgan fingerprint density at radius 2 is 1.14 bits per heavy atom. The van der Waals surface area contributed by atoms with Crippen LogP contribution >= 0.6 is 0 Å². The fraction of sp³-hybridized carbons (Fsp3) is 0.700. The summed E-state index contributed by atoms with van der Waals surface area (Å²) < 4.78 is 0. The van der Waals surface area contributed by atoms with Gasteiger partial charge in [0.2, 0.25) is 0 Å². The van der Waals surface area contributed by atoms with E-state index in [0.29, 0.717) is 36.7 Å². The summed E-state index contributed by atoms with van der Waals surface area (Å²) in [5.41, 5.74) is 11.0. The third-order valence-corrected chi connectivity index (χ3v) is 12.6. The van der Waals surface area contributed by atoms with Gasteiger partial charge >= 0.3 is 0 Å². The van der Waals surface area contributed by atoms with Crippen molar-refractivity contribution in [2.45, 2.75) is 226 Å². The highest BCUT2D eigenvalue weighted by Crippen LogP contribution is 2.33. The third-order valence-electron chi connectivity index (χ3n) is 12.6. The van der Waals surface area contributed by atoms with Gasteiger partial charge in [-0.05, 0) is 220 Å². The molecule has 0 aromatic heterocycles. The lowest BCUT2D eigenvalue weighted by molar-refractivity contribution is -0.108. The minimum absolute atomic E-state index is 0.0289. The highest BCUT2D eigenvalue weighted by atomic mass is 16.3. The van der Waals surface area contributed by atoms with Crippen molar-refractivity contribution >= 4 is 12.6 Å². The van der Waals surface area contributed by atoms with Crippen LogP contribution in [0.3, 0.4) is 0 Å². The number of hydrogen-bond acceptors (Lipinski definition) is 4. The molecule has 1 saturated carbocycles. The molecule has 0 bridgehead atoms. The molecule has 0 aromatic carbocycles. The first-order valence-electron chi connectivity index (χ1n) is 25.4. The molecule has 3 aliphatic carbocycles. The smallest absolute Gasteiger partial charge is 0.142 e. The first kappa shape index (κ1) is 65.5. The summed E-state index contributed by atoms with van der Waals surface area (Å²) in [6.45, 7) is 42.5. The van der Waals surface area contributed by atoms with Gasteiger partial charge in [-0.15, -0.1) is 0 Å². The normalized spacial score (nSPS) is 21.0. The standard InChI is InChI=1S/2C10H20O.C10H18O.C10H16O.2C10H16/c1-7(2)9-5-4-8(3)6-10(9)11;3*1-9(2)5-4-6-10(3)7-8-11;2*1-8(2)10-6-4-9(3)5-7-10/h7-11H,4-6H2,1-3H3;5,10-11H,4,6-8H2,1-3H3;5,8,10H,4,6-7H2,1-3H3;5,7-8H,4,6H2,1-3H3;2*4,10H,1,5-7H2,2-3H3/b;;;10-7-;;. The molecule has 3 rings (SSSR count). The number of carbonyl (C=O) groups excluding carboxylic acids is 2. The Kier molecular flexibility index (Phi) is 42.5. The molecule has 0 aromatic rings. The molecule has 2 N–H and O–H groups in total. The average Bonchev–Trinajstić information content (AvgIpc) is 3.19. The number of rotatable bonds is 17. The first-order chi connectivity index (χ1) is 30.0. The van der Waals surface area contributed by atoms with Crippen LogP contribution in [0.5, 0.6) is 0 Å². The molecular formula is C60H106O4. The maximum atomic E-state index is 10.1. The lowest BCUT2D eigenvalue weighted by Crippen LogP contribution is -2.31. The van der Waals surface area contributed by atoms with Gasteiger partial charge < -0.3 is 15.0 Å². The van der Waals surface area contributed by atoms with Crippen LogP contribution < -0.4 is 0 Å². The molecule has 0 amide bonds. The van der Waals surface area contributed by atoms with Crippen LogP contribution in [0.15, 0.2) is 94.2 Å². The topological polar surface area (TPSA) is 74.6 Å². The molecule has 0 saturated heterocycles. The van der Waals surface area contributed by atoms with Crippen molar-refractivity contribution < 1.29 is 19.8 Å². The van der Waals surface area contributed by atoms with E-state index < -0.39 is 0 Å². The maximum absolute atomic E-state index is 10.1. The maximum Gasteiger partial charge on any atom is 0.142 e. The summed E-state index contributed by atoms with van der Waals surface area (Å²) in [7, 11) is 0. The molecule has 4 heteroatoms. The molecule has 0 aliphatic heterocycles. The van der Waals surface area contributed by atoms with E-state index in [0.717, 1.165) is 80.8 Å². The van der Waals surface area contributed by atoms with Gasteiger partial charge in [-0.1, -0.05) is 129 Å². The largest absolute Gasteiger partial charge is 0.396 e. The van der Waals surface area contributed by atoms with E-state index in [4.69, 9.17) is 5.11 Å². The Morgan fingerprint density at radius 3 is 1.48 bits per heavy atom. The van der Waals surface area contributed by atoms with Crippen molar-refractivity contribution in [1.82, 2.24) is 0 Å². The summed E-state index contributed by atoms with van der Waals surface area (Å²) in [4.78, 5) is 20.1. The zero-order chi connectivity index (χ0) is 49.6. The van der Waals surface area contributed by atoms with Crippen LogP contribution in [0.4, 0.5) is 0 Å². The second-order valence-corrected chi connectivity index (χ2v) is 20.9. The number of aldehydes is 2. The monoisotopic (exact) mass is 891 g/mol. The summed E-state index contributed by atoms with van der Waals surface area (Å²) in [5, 5.41) is 18.3. The molecule has 0 spiro atoms. The molecule has 7 unspecified atom stereocenters. The molecule has 7 atom stereocenters. The number of aliphatic hydroxyl groups excluding tert-OH is 2. The Morgan fingerprint density at radius 1 is 0.688 bits per heavy atom. The summed E-state index contributed by atoms with van der Waals surface area (Å²) in [6.07, 6.45) is 34.3. The van der Waals surface area contributed by atoms with E-state index in [9.17, 15) is 14.7 Å². The van der Waals surface area contributed by atoms with Gasteiger partial charge in [0.15, 0.2) is 0 Å². The molecule has 64 heavy (non-hydrogen) atoms. The zero-order valence-corrected chi connectivity index (χ0v) is 45.1. The van der Waals surface area contributed by atoms with Crippen LogP contribution in [0, 0.1) is 41.4 Å². The predicted octanol–water partition coefficient (Wildman–Crippen LogP) is 17.6. The number of allylic oxidation sites excluding steroid dienone is 14. The Labute approximate surface area is 399 Å². The minimum atomic E-state index is -0.0289. The van der Waals surface area contributed by atoms with E-state index in [1.165, 1.54) is 85.7 Å². The summed E-state index contributed by atoms with van der Waals surface area (Å²) in [6, 6.07) is 0. The summed E-state index contributed by atoms with van der Waals surface area (Å²) in [5.74, 6) is 4.69. The van der Waals surface area contributed by atoms with Gasteiger partial charge in [-0.25, -0.2) is 0 Å². The first-order valence-corrected chi connectivity index (χ1v) is 25.4. The Hall–Kier alpha value is -2.82. The predicted molar refractivity (Wildman–Crippen MR) is 286 cm³/mol. The van der Waals surface area contributed by atoms with Gasteiger partial charge in [0, 0.05) is 13.0 Å². The van der Waals surface area contributed by atoms with Crippen LogP contribution in [-0.4, -0.2) is 35.5 Å². The highest BCUT2D eigenvalue weighted by molar-refractivity contribution is 5.65. The number of aliphatic hydroxyl groups is 2. The molecule has 0 heterocycles. The third kappa shape index (κ3) is 41.9. The van der Waals surface area contributed by atoms with E-state index in [1.807, 2.05) is 6.92 Å². The molecular weight excluding hydrogens is 785 g/mol. The van der Waals surface area contributed by atoms with Crippen molar-refractivity contribution in [2.75, 3.05) is 6.61 Å². The van der Waals surface area contributed by atoms with Crippen LogP contribution in [-0.2, 0) is 9.59 Å². The van der Waals surface area contributed by atoms with Gasteiger partial charge in [-0.2, -0.15) is 0 Å². The minimum Gasteiger partial charge on any atom is -0.396 e. The van der Waals surface area contributed by atoms with Gasteiger partial charge in [0.05, 0.1) is 6.10 Å². The highest BCUT2D eigenvalue weighted by Gasteiger charge is 2.28. The van der Waals surface area contributed by atoms with E-state index in [2.05, 4.69) is 147 Å². The quantitative estimate of drug-likeness (QED) is 0.0867. The average molecular weight is 892 g/mol.